The molecule has 0 spiro atoms. The molecule has 1 aliphatic heterocycles. The number of aryl methyl sites for hydroxylation is 1. The number of phenols is 1. The minimum atomic E-state index is -1.44. The number of methoxy groups -OCH3 is 2. The Balaban J connectivity index is 1.23. The summed E-state index contributed by atoms with van der Waals surface area (Å²) in [5, 5.41) is 15.8. The number of likely N-dealkylation sites (tertiary alicyclic amines) is 1. The molecule has 21 nitrogen and oxygen atoms in total. The maximum Gasteiger partial charge on any atom is 0.330 e. The molecule has 0 unspecified atom stereocenters. The van der Waals surface area contributed by atoms with E-state index in [0.717, 1.165) is 10.5 Å². The summed E-state index contributed by atoms with van der Waals surface area (Å²) < 4.78 is 44.0. The molecule has 5 atom stereocenters. The second kappa shape index (κ2) is 33.8. The molecular weight excluding hydrogens is 1170 g/mol. The highest BCUT2D eigenvalue weighted by atomic mass is 19.1. The highest BCUT2D eigenvalue weighted by Gasteiger charge is 2.43. The summed E-state index contributed by atoms with van der Waals surface area (Å²) in [6.45, 7) is 5.33. The number of aromatic hydroxyl groups is 1. The number of hydrogen-bond acceptors (Lipinski definition) is 15. The maximum absolute atomic E-state index is 15.7. The summed E-state index contributed by atoms with van der Waals surface area (Å²) in [4.78, 5) is 130. The van der Waals surface area contributed by atoms with Gasteiger partial charge in [0.15, 0.2) is 18.1 Å². The zero-order valence-electron chi connectivity index (χ0n) is 53.1. The van der Waals surface area contributed by atoms with Gasteiger partial charge in [0.1, 0.15) is 54.2 Å². The number of carbonyl (C=O) groups is 9. The molecule has 1 aliphatic rings. The minimum absolute atomic E-state index is 0.00671. The predicted molar refractivity (Wildman–Crippen MR) is 336 cm³/mol. The van der Waals surface area contributed by atoms with Crippen LogP contribution in [0, 0.1) is 11.2 Å². The summed E-state index contributed by atoms with van der Waals surface area (Å²) in [5.41, 5.74) is 1.15. The number of Topliss-reactive ketones (excluding diaryl/α,β-unsaturated/α-hetero) is 1. The molecule has 0 bridgehead atoms. The smallest absolute Gasteiger partial charge is 0.330 e. The van der Waals surface area contributed by atoms with E-state index in [2.05, 4.69) is 10.6 Å². The lowest BCUT2D eigenvalue weighted by Gasteiger charge is -2.36. The molecule has 0 saturated carbocycles. The quantitative estimate of drug-likeness (QED) is 0.0237. The Morgan fingerprint density at radius 3 is 1.97 bits per heavy atom. The lowest BCUT2D eigenvalue weighted by molar-refractivity contribution is -0.165. The van der Waals surface area contributed by atoms with E-state index in [1.54, 1.807) is 74.6 Å². The van der Waals surface area contributed by atoms with Gasteiger partial charge in [0, 0.05) is 65.6 Å². The largest absolute Gasteiger partial charge is 0.508 e. The SMILES string of the molecule is C/C=C/C(=O)OCC(C)(C)C(=O)C(=O)N1CCCC[C@H]1C(=O)O[C@H](CCc1cc(OC)c(OC)cc1F)c1cccc(OCC(=O)N(C)[C@@H](Cc2ccc(O)cc2)C(=O)N[C@H](Cc2ccccc2)C(=O)N(C)CC(=O)N[C@H](Cc2ccccc2)C(=O)N(C)CC)c1. The number of ketones is 1. The number of esters is 2. The average Bonchev–Trinajstić information content (AvgIpc) is 3.75. The van der Waals surface area contributed by atoms with Crippen LogP contribution in [0.3, 0.4) is 0 Å². The van der Waals surface area contributed by atoms with E-state index < -0.39 is 109 Å². The fourth-order valence-electron chi connectivity index (χ4n) is 10.3. The van der Waals surface area contributed by atoms with E-state index in [4.69, 9.17) is 23.7 Å². The zero-order chi connectivity index (χ0) is 66.4. The molecule has 6 rings (SSSR count). The number of nitrogens with one attached hydrogen (secondary N) is 2. The molecule has 0 radical (unpaired) electrons. The molecule has 486 valence electrons. The monoisotopic (exact) mass is 1250 g/mol. The molecule has 3 N–H and O–H groups in total. The van der Waals surface area contributed by atoms with Crippen LogP contribution in [0.15, 0.2) is 133 Å². The Morgan fingerprint density at radius 1 is 0.747 bits per heavy atom. The van der Waals surface area contributed by atoms with Gasteiger partial charge in [0.25, 0.3) is 11.8 Å². The van der Waals surface area contributed by atoms with Crippen LogP contribution in [-0.4, -0.2) is 170 Å². The molecule has 1 heterocycles. The average molecular weight is 1260 g/mol. The van der Waals surface area contributed by atoms with Gasteiger partial charge < -0.3 is 59.0 Å². The number of hydrogen-bond donors (Lipinski definition) is 3. The van der Waals surface area contributed by atoms with Crippen molar-refractivity contribution in [2.75, 3.05) is 68.2 Å². The first-order valence-electron chi connectivity index (χ1n) is 30.2. The summed E-state index contributed by atoms with van der Waals surface area (Å²) in [7, 11) is 7.22. The summed E-state index contributed by atoms with van der Waals surface area (Å²) in [5.74, 6) is -6.44. The van der Waals surface area contributed by atoms with Crippen molar-refractivity contribution in [3.63, 3.8) is 0 Å². The molecule has 5 aromatic rings. The van der Waals surface area contributed by atoms with Crippen LogP contribution in [0.4, 0.5) is 4.39 Å². The number of benzene rings is 5. The normalized spacial score (nSPS) is 14.4. The van der Waals surface area contributed by atoms with Gasteiger partial charge in [-0.2, -0.15) is 0 Å². The van der Waals surface area contributed by atoms with E-state index in [1.165, 1.54) is 99.3 Å². The van der Waals surface area contributed by atoms with Crippen LogP contribution in [0.1, 0.15) is 87.3 Å². The van der Waals surface area contributed by atoms with E-state index >= 15 is 4.39 Å². The molecule has 5 aromatic carbocycles. The molecule has 0 aliphatic carbocycles. The van der Waals surface area contributed by atoms with Crippen molar-refractivity contribution < 1.29 is 76.3 Å². The number of likely N-dealkylation sites (N-methyl/N-ethyl adjacent to an activating group) is 3. The van der Waals surface area contributed by atoms with Crippen molar-refractivity contribution in [1.29, 1.82) is 0 Å². The van der Waals surface area contributed by atoms with Crippen molar-refractivity contribution in [3.8, 4) is 23.0 Å². The summed E-state index contributed by atoms with van der Waals surface area (Å²) in [6.07, 6.45) is 2.77. The topological polar surface area (TPSA) is 257 Å². The van der Waals surface area contributed by atoms with Gasteiger partial charge in [-0.05, 0) is 118 Å². The first-order chi connectivity index (χ1) is 43.5. The second-order valence-corrected chi connectivity index (χ2v) is 23.0. The fraction of sp³-hybridized carbons (Fsp3) is 0.406. The Morgan fingerprint density at radius 2 is 1.35 bits per heavy atom. The molecule has 1 fully saturated rings. The standard InChI is InChI=1S/C69H83FN6O15/c1-10-21-62(80)90-44-69(3,4)63(81)67(85)76-35-19-18-28-55(76)68(86)91-57(34-31-48-40-58(87-8)59(88-9)41-52(48)70)49-26-20-27-51(39-49)89-43-61(79)75(7)56(38-47-29-32-50(77)33-30-47)64(82)72-54(37-46-24-16-13-17-25-46)66(84)74(6)42-60(78)71-53(65(83)73(5)11-2)36-45-22-14-12-15-23-45/h10,12-17,20-27,29-30,32-33,39-41,53-57,77H,11,18-19,28,31,34-38,42-44H2,1-9H3,(H,71,78)(H,72,82)/b21-10+/t53-,54-,55+,56+,57-/m1/s1. The molecule has 22 heteroatoms. The van der Waals surface area contributed by atoms with E-state index in [0.29, 0.717) is 36.1 Å². The maximum atomic E-state index is 15.7. The Hall–Kier alpha value is -9.60. The van der Waals surface area contributed by atoms with E-state index in [1.807, 2.05) is 37.3 Å². The van der Waals surface area contributed by atoms with Gasteiger partial charge in [-0.1, -0.05) is 91.0 Å². The van der Waals surface area contributed by atoms with E-state index in [-0.39, 0.29) is 79.5 Å². The number of piperidine rings is 1. The highest BCUT2D eigenvalue weighted by Crippen LogP contribution is 2.34. The van der Waals surface area contributed by atoms with Crippen LogP contribution in [-0.2, 0) is 78.3 Å². The van der Waals surface area contributed by atoms with Crippen LogP contribution in [0.25, 0.3) is 0 Å². The van der Waals surface area contributed by atoms with Gasteiger partial charge in [-0.15, -0.1) is 0 Å². The van der Waals surface area contributed by atoms with Crippen molar-refractivity contribution in [2.24, 2.45) is 5.41 Å². The molecule has 1 saturated heterocycles. The third kappa shape index (κ3) is 20.2. The first-order valence-corrected chi connectivity index (χ1v) is 30.2. The van der Waals surface area contributed by atoms with Gasteiger partial charge in [0.05, 0.1) is 26.2 Å². The molecule has 91 heavy (non-hydrogen) atoms. The minimum Gasteiger partial charge on any atom is -0.508 e. The van der Waals surface area contributed by atoms with Gasteiger partial charge in [-0.3, -0.25) is 33.6 Å². The number of carbonyl (C=O) groups excluding carboxylic acids is 9. The number of rotatable bonds is 31. The summed E-state index contributed by atoms with van der Waals surface area (Å²) in [6, 6.07) is 28.4. The van der Waals surface area contributed by atoms with Crippen molar-refractivity contribution in [3.05, 3.63) is 167 Å². The van der Waals surface area contributed by atoms with Crippen molar-refractivity contribution >= 4 is 53.2 Å². The van der Waals surface area contributed by atoms with Gasteiger partial charge in [0.2, 0.25) is 29.4 Å². The number of nitrogens with zero attached hydrogens (tertiary/aromatic N) is 4. The lowest BCUT2D eigenvalue weighted by Crippen LogP contribution is -2.57. The Kier molecular flexibility index (Phi) is 26.2. The molecule has 6 amide bonds. The van der Waals surface area contributed by atoms with Crippen molar-refractivity contribution in [1.82, 2.24) is 30.2 Å². The third-order valence-electron chi connectivity index (χ3n) is 15.8. The zero-order valence-corrected chi connectivity index (χ0v) is 53.1. The predicted octanol–water partition coefficient (Wildman–Crippen LogP) is 6.70. The van der Waals surface area contributed by atoms with E-state index in [9.17, 15) is 48.3 Å². The Bertz CT molecular complexity index is 3360. The number of phenolic OH excluding ortho intramolecular Hbond substituents is 1. The number of halogens is 1. The van der Waals surface area contributed by atoms with Gasteiger partial charge in [-0.25, -0.2) is 14.0 Å². The highest BCUT2D eigenvalue weighted by molar-refractivity contribution is 6.38. The lowest BCUT2D eigenvalue weighted by atomic mass is 9.87. The summed E-state index contributed by atoms with van der Waals surface area (Å²) >= 11 is 0. The number of ether oxygens (including phenoxy) is 5. The number of allylic oxidation sites excluding steroid dienone is 1. The Labute approximate surface area is 530 Å². The van der Waals surface area contributed by atoms with Crippen LogP contribution in [0.2, 0.25) is 0 Å². The number of amides is 6. The third-order valence-corrected chi connectivity index (χ3v) is 15.8. The van der Waals surface area contributed by atoms with Crippen molar-refractivity contribution in [2.45, 2.75) is 109 Å². The first kappa shape index (κ1) is 70.5. The van der Waals surface area contributed by atoms with Crippen LogP contribution in [0.5, 0.6) is 23.0 Å². The van der Waals surface area contributed by atoms with Crippen LogP contribution >= 0.6 is 0 Å². The second-order valence-electron chi connectivity index (χ2n) is 23.0. The molecular formula is C69H83FN6O15. The molecule has 0 aromatic heterocycles. The van der Waals surface area contributed by atoms with Gasteiger partial charge >= 0.3 is 11.9 Å². The fourth-order valence-corrected chi connectivity index (χ4v) is 10.3. The van der Waals surface area contributed by atoms with Crippen LogP contribution < -0.4 is 24.8 Å².